The molecule has 0 aliphatic rings. The Morgan fingerprint density at radius 3 is 2.47 bits per heavy atom. The van der Waals surface area contributed by atoms with E-state index in [2.05, 4.69) is 26.3 Å². The Balaban J connectivity index is 2.11. The first kappa shape index (κ1) is 23.5. The minimum atomic E-state index is -4.82. The average Bonchev–Trinajstić information content (AvgIpc) is 3.16. The number of rotatable bonds is 5. The van der Waals surface area contributed by atoms with Gasteiger partial charge < -0.3 is 5.32 Å². The third-order valence-electron chi connectivity index (χ3n) is 4.19. The molecule has 8 nitrogen and oxygen atoms in total. The number of aryl methyl sites for hydroxylation is 1. The number of aromatic nitrogens is 3. The second-order valence-corrected chi connectivity index (χ2v) is 7.28. The highest BCUT2D eigenvalue weighted by Gasteiger charge is 2.36. The molecule has 3 aromatic rings. The van der Waals surface area contributed by atoms with Gasteiger partial charge >= 0.3 is 6.18 Å². The van der Waals surface area contributed by atoms with Crippen LogP contribution in [0.5, 0.6) is 0 Å². The lowest BCUT2D eigenvalue weighted by Gasteiger charge is -2.15. The second-order valence-electron chi connectivity index (χ2n) is 6.44. The van der Waals surface area contributed by atoms with Crippen LogP contribution in [0.4, 0.5) is 18.9 Å². The number of amides is 2. The summed E-state index contributed by atoms with van der Waals surface area (Å²) in [6.45, 7) is 1.58. The van der Waals surface area contributed by atoms with Crippen LogP contribution in [-0.4, -0.2) is 33.6 Å². The molecule has 3 rings (SSSR count). The molecule has 0 fully saturated rings. The van der Waals surface area contributed by atoms with Crippen LogP contribution < -0.4 is 16.2 Å². The van der Waals surface area contributed by atoms with Gasteiger partial charge in [-0.2, -0.15) is 18.3 Å². The Hall–Kier alpha value is -3.15. The monoisotopic (exact) mass is 486 g/mol. The lowest BCUT2D eigenvalue weighted by atomic mass is 10.1. The zero-order valence-electron chi connectivity index (χ0n) is 16.5. The molecule has 2 heterocycles. The molecule has 13 heteroatoms. The highest BCUT2D eigenvalue weighted by molar-refractivity contribution is 6.32. The standard InChI is InChI=1S/C19H15Cl2F3N6O2/c1-9-6-10(20)7-11(17(31)28-25-2)15(9)27-18(32)13-8-14(19(22,23)24)29-30(13)16-12(21)4-3-5-26-16/h3-8,25H,1-2H3,(H,27,32)(H,28,31). The number of anilines is 1. The topological polar surface area (TPSA) is 101 Å². The molecule has 0 unspecified atom stereocenters. The van der Waals surface area contributed by atoms with Gasteiger partial charge in [0.1, 0.15) is 5.69 Å². The predicted octanol–water partition coefficient (Wildman–Crippen LogP) is 4.02. The van der Waals surface area contributed by atoms with Gasteiger partial charge in [-0.15, -0.1) is 0 Å². The second kappa shape index (κ2) is 9.15. The molecule has 0 bridgehead atoms. The smallest absolute Gasteiger partial charge is 0.320 e. The third-order valence-corrected chi connectivity index (χ3v) is 4.71. The summed E-state index contributed by atoms with van der Waals surface area (Å²) in [5, 5.41) is 6.15. The number of nitrogens with zero attached hydrogens (tertiary/aromatic N) is 3. The number of carbonyl (C=O) groups is 2. The van der Waals surface area contributed by atoms with Gasteiger partial charge in [0.25, 0.3) is 11.8 Å². The molecule has 1 aromatic carbocycles. The number of nitrogens with one attached hydrogen (secondary N) is 3. The zero-order valence-corrected chi connectivity index (χ0v) is 18.0. The normalized spacial score (nSPS) is 11.3. The highest BCUT2D eigenvalue weighted by Crippen LogP contribution is 2.31. The number of hydrogen-bond acceptors (Lipinski definition) is 5. The van der Waals surface area contributed by atoms with Gasteiger partial charge in [-0.25, -0.2) is 15.1 Å². The number of hydrazine groups is 1. The van der Waals surface area contributed by atoms with Crippen LogP contribution in [0.3, 0.4) is 0 Å². The highest BCUT2D eigenvalue weighted by atomic mass is 35.5. The molecule has 0 saturated heterocycles. The van der Waals surface area contributed by atoms with E-state index in [1.165, 1.54) is 37.5 Å². The van der Waals surface area contributed by atoms with Crippen LogP contribution in [-0.2, 0) is 6.18 Å². The van der Waals surface area contributed by atoms with E-state index in [9.17, 15) is 22.8 Å². The van der Waals surface area contributed by atoms with Crippen LogP contribution >= 0.6 is 23.2 Å². The van der Waals surface area contributed by atoms with Crippen LogP contribution in [0.1, 0.15) is 32.1 Å². The molecule has 0 spiro atoms. The summed E-state index contributed by atoms with van der Waals surface area (Å²) in [4.78, 5) is 29.3. The Morgan fingerprint density at radius 1 is 1.12 bits per heavy atom. The maximum Gasteiger partial charge on any atom is 0.435 e. The number of carbonyl (C=O) groups excluding carboxylic acids is 2. The molecule has 0 atom stereocenters. The zero-order chi connectivity index (χ0) is 23.6. The molecule has 3 N–H and O–H groups in total. The van der Waals surface area contributed by atoms with E-state index in [0.29, 0.717) is 16.3 Å². The summed E-state index contributed by atoms with van der Waals surface area (Å²) >= 11 is 12.1. The maximum atomic E-state index is 13.3. The van der Waals surface area contributed by atoms with Crippen molar-refractivity contribution in [2.75, 3.05) is 12.4 Å². The number of halogens is 5. The van der Waals surface area contributed by atoms with E-state index in [0.717, 1.165) is 0 Å². The van der Waals surface area contributed by atoms with E-state index in [1.807, 2.05) is 0 Å². The maximum absolute atomic E-state index is 13.3. The van der Waals surface area contributed by atoms with Gasteiger partial charge in [0, 0.05) is 24.3 Å². The fourth-order valence-electron chi connectivity index (χ4n) is 2.82. The van der Waals surface area contributed by atoms with Crippen molar-refractivity contribution in [2.45, 2.75) is 13.1 Å². The summed E-state index contributed by atoms with van der Waals surface area (Å²) in [7, 11) is 1.46. The quantitative estimate of drug-likeness (QED) is 0.473. The Bertz CT molecular complexity index is 1200. The van der Waals surface area contributed by atoms with Gasteiger partial charge in [0.15, 0.2) is 11.5 Å². The number of benzene rings is 1. The van der Waals surface area contributed by atoms with E-state index in [-0.39, 0.29) is 27.1 Å². The molecular formula is C19H15Cl2F3N6O2. The number of alkyl halides is 3. The van der Waals surface area contributed by atoms with Crippen molar-refractivity contribution in [1.82, 2.24) is 25.6 Å². The average molecular weight is 487 g/mol. The van der Waals surface area contributed by atoms with Crippen molar-refractivity contribution in [3.8, 4) is 5.82 Å². The van der Waals surface area contributed by atoms with Crippen molar-refractivity contribution in [3.05, 3.63) is 69.1 Å². The van der Waals surface area contributed by atoms with Gasteiger partial charge in [-0.1, -0.05) is 23.2 Å². The van der Waals surface area contributed by atoms with Gasteiger partial charge in [-0.3, -0.25) is 15.0 Å². The molecule has 32 heavy (non-hydrogen) atoms. The first-order valence-corrected chi connectivity index (χ1v) is 9.65. The number of hydrogen-bond donors (Lipinski definition) is 3. The minimum Gasteiger partial charge on any atom is -0.320 e. The molecule has 0 aliphatic heterocycles. The molecule has 0 aliphatic carbocycles. The van der Waals surface area contributed by atoms with Crippen LogP contribution in [0, 0.1) is 6.92 Å². The minimum absolute atomic E-state index is 0.00400. The number of pyridine rings is 1. The Labute approximate surface area is 189 Å². The molecule has 168 valence electrons. The van der Waals surface area contributed by atoms with Crippen LogP contribution in [0.15, 0.2) is 36.5 Å². The summed E-state index contributed by atoms with van der Waals surface area (Å²) in [6, 6.07) is 6.23. The fourth-order valence-corrected chi connectivity index (χ4v) is 3.30. The van der Waals surface area contributed by atoms with E-state index in [1.54, 1.807) is 6.92 Å². The summed E-state index contributed by atoms with van der Waals surface area (Å²) in [6.07, 6.45) is -3.53. The molecule has 0 saturated carbocycles. The van der Waals surface area contributed by atoms with Gasteiger partial charge in [-0.05, 0) is 36.8 Å². The van der Waals surface area contributed by atoms with E-state index < -0.39 is 29.4 Å². The van der Waals surface area contributed by atoms with Crippen molar-refractivity contribution >= 4 is 40.7 Å². The third kappa shape index (κ3) is 4.85. The van der Waals surface area contributed by atoms with Gasteiger partial charge in [0.2, 0.25) is 0 Å². The van der Waals surface area contributed by atoms with Crippen molar-refractivity contribution in [2.24, 2.45) is 0 Å². The fraction of sp³-hybridized carbons (Fsp3) is 0.158. The van der Waals surface area contributed by atoms with Gasteiger partial charge in [0.05, 0.1) is 16.3 Å². The molecule has 2 amide bonds. The Morgan fingerprint density at radius 2 is 1.84 bits per heavy atom. The largest absolute Gasteiger partial charge is 0.435 e. The van der Waals surface area contributed by atoms with Crippen molar-refractivity contribution in [3.63, 3.8) is 0 Å². The predicted molar refractivity (Wildman–Crippen MR) is 112 cm³/mol. The van der Waals surface area contributed by atoms with E-state index >= 15 is 0 Å². The summed E-state index contributed by atoms with van der Waals surface area (Å²) in [5.74, 6) is -1.76. The first-order valence-electron chi connectivity index (χ1n) is 8.89. The van der Waals surface area contributed by atoms with Crippen molar-refractivity contribution in [1.29, 1.82) is 0 Å². The van der Waals surface area contributed by atoms with Crippen molar-refractivity contribution < 1.29 is 22.8 Å². The SMILES string of the molecule is CNNC(=O)c1cc(Cl)cc(C)c1NC(=O)c1cc(C(F)(F)F)nn1-c1ncccc1Cl. The Kier molecular flexibility index (Phi) is 6.72. The summed E-state index contributed by atoms with van der Waals surface area (Å²) < 4.78 is 40.6. The molecular weight excluding hydrogens is 472 g/mol. The van der Waals surface area contributed by atoms with Crippen LogP contribution in [0.2, 0.25) is 10.0 Å². The molecule has 0 radical (unpaired) electrons. The summed E-state index contributed by atoms with van der Waals surface area (Å²) in [5.41, 5.74) is 3.45. The first-order chi connectivity index (χ1) is 15.0. The van der Waals surface area contributed by atoms with Crippen LogP contribution in [0.25, 0.3) is 5.82 Å². The lowest BCUT2D eigenvalue weighted by molar-refractivity contribution is -0.141. The van der Waals surface area contributed by atoms with E-state index in [4.69, 9.17) is 23.2 Å². The molecule has 2 aromatic heterocycles. The lowest BCUT2D eigenvalue weighted by Crippen LogP contribution is -2.35.